The summed E-state index contributed by atoms with van der Waals surface area (Å²) in [6.07, 6.45) is 2.24. The first-order chi connectivity index (χ1) is 18.1. The predicted molar refractivity (Wildman–Crippen MR) is 144 cm³/mol. The SMILES string of the molecule is CCC1(CC)CC(=O)N([C@H](CCOC)c2cccc(C(=O)N[C@@H]3c4ccccc4OCC3(C)O)c2)C(=N)N1. The van der Waals surface area contributed by atoms with Crippen molar-refractivity contribution in [1.82, 2.24) is 15.5 Å². The van der Waals surface area contributed by atoms with E-state index in [4.69, 9.17) is 14.9 Å². The molecule has 2 heterocycles. The zero-order chi connectivity index (χ0) is 27.5. The molecule has 0 aromatic heterocycles. The smallest absolute Gasteiger partial charge is 0.251 e. The van der Waals surface area contributed by atoms with E-state index in [1.807, 2.05) is 44.2 Å². The Bertz CT molecular complexity index is 1170. The van der Waals surface area contributed by atoms with Gasteiger partial charge in [-0.2, -0.15) is 0 Å². The number of carbonyl (C=O) groups is 2. The van der Waals surface area contributed by atoms with Crippen LogP contribution in [0.1, 0.15) is 80.0 Å². The van der Waals surface area contributed by atoms with Crippen molar-refractivity contribution in [3.63, 3.8) is 0 Å². The van der Waals surface area contributed by atoms with Crippen LogP contribution >= 0.6 is 0 Å². The Balaban J connectivity index is 1.61. The van der Waals surface area contributed by atoms with E-state index in [0.29, 0.717) is 36.3 Å². The third kappa shape index (κ3) is 5.39. The van der Waals surface area contributed by atoms with Gasteiger partial charge in [-0.05, 0) is 49.9 Å². The molecule has 2 aromatic carbocycles. The predicted octanol–water partition coefficient (Wildman–Crippen LogP) is 3.69. The summed E-state index contributed by atoms with van der Waals surface area (Å²) >= 11 is 0. The van der Waals surface area contributed by atoms with E-state index in [-0.39, 0.29) is 24.4 Å². The van der Waals surface area contributed by atoms with Crippen LogP contribution < -0.4 is 15.4 Å². The molecule has 0 saturated carbocycles. The lowest BCUT2D eigenvalue weighted by atomic mass is 9.86. The van der Waals surface area contributed by atoms with E-state index in [9.17, 15) is 14.7 Å². The second kappa shape index (κ2) is 11.1. The summed E-state index contributed by atoms with van der Waals surface area (Å²) in [4.78, 5) is 28.3. The molecule has 2 aliphatic heterocycles. The standard InChI is InChI=1S/C29H38N4O5/c1-5-29(6-2)17-24(34)33(27(30)32-29)22(14-15-37-4)19-10-9-11-20(16-19)26(35)31-25-21-12-7-8-13-23(21)38-18-28(25,3)36/h7-13,16,22,25,36H,5-6,14-15,17-18H2,1-4H3,(H2,30,32)(H,31,35)/t22-,25-,28?/m1/s1. The average molecular weight is 523 g/mol. The molecule has 0 aliphatic carbocycles. The Morgan fingerprint density at radius 1 is 1.26 bits per heavy atom. The van der Waals surface area contributed by atoms with E-state index >= 15 is 0 Å². The van der Waals surface area contributed by atoms with Crippen LogP contribution in [0.25, 0.3) is 0 Å². The average Bonchev–Trinajstić information content (AvgIpc) is 2.91. The first-order valence-electron chi connectivity index (χ1n) is 13.2. The molecule has 0 radical (unpaired) electrons. The summed E-state index contributed by atoms with van der Waals surface area (Å²) in [5, 5.41) is 26.0. The number of fused-ring (bicyclic) bond motifs is 1. The number of methoxy groups -OCH3 is 1. The molecule has 1 unspecified atom stereocenters. The molecule has 38 heavy (non-hydrogen) atoms. The number of para-hydroxylation sites is 1. The van der Waals surface area contributed by atoms with E-state index in [1.54, 1.807) is 32.2 Å². The summed E-state index contributed by atoms with van der Waals surface area (Å²) in [5.74, 6) is 0.218. The number of ether oxygens (including phenoxy) is 2. The quantitative estimate of drug-likeness (QED) is 0.398. The van der Waals surface area contributed by atoms with Crippen LogP contribution in [0, 0.1) is 5.41 Å². The highest BCUT2D eigenvalue weighted by Crippen LogP contribution is 2.38. The molecule has 4 rings (SSSR count). The lowest BCUT2D eigenvalue weighted by Crippen LogP contribution is -2.62. The maximum Gasteiger partial charge on any atom is 0.251 e. The van der Waals surface area contributed by atoms with Crippen LogP contribution in [0.4, 0.5) is 0 Å². The van der Waals surface area contributed by atoms with Crippen molar-refractivity contribution >= 4 is 17.8 Å². The largest absolute Gasteiger partial charge is 0.490 e. The fraction of sp³-hybridized carbons (Fsp3) is 0.483. The Morgan fingerprint density at radius 2 is 2.00 bits per heavy atom. The minimum absolute atomic E-state index is 0.0529. The minimum atomic E-state index is -1.30. The number of aliphatic hydroxyl groups is 1. The topological polar surface area (TPSA) is 124 Å². The number of hydrogen-bond acceptors (Lipinski definition) is 6. The molecule has 3 atom stereocenters. The second-order valence-electron chi connectivity index (χ2n) is 10.4. The van der Waals surface area contributed by atoms with Gasteiger partial charge in [0.25, 0.3) is 5.91 Å². The van der Waals surface area contributed by atoms with Crippen molar-refractivity contribution in [3.05, 3.63) is 65.2 Å². The number of rotatable bonds is 9. The Hall–Kier alpha value is -3.43. The van der Waals surface area contributed by atoms with Gasteiger partial charge in [0.1, 0.15) is 18.0 Å². The lowest BCUT2D eigenvalue weighted by molar-refractivity contribution is -0.133. The van der Waals surface area contributed by atoms with Gasteiger partial charge in [0.05, 0.1) is 18.5 Å². The van der Waals surface area contributed by atoms with Gasteiger partial charge < -0.3 is 25.2 Å². The fourth-order valence-corrected chi connectivity index (χ4v) is 5.36. The molecule has 0 spiro atoms. The van der Waals surface area contributed by atoms with Crippen LogP contribution in [0.3, 0.4) is 0 Å². The van der Waals surface area contributed by atoms with Crippen LogP contribution in [0.5, 0.6) is 5.75 Å². The summed E-state index contributed by atoms with van der Waals surface area (Å²) in [6.45, 7) is 6.11. The monoisotopic (exact) mass is 522 g/mol. The number of carbonyl (C=O) groups excluding carboxylic acids is 2. The van der Waals surface area contributed by atoms with Gasteiger partial charge in [-0.25, -0.2) is 0 Å². The zero-order valence-corrected chi connectivity index (χ0v) is 22.5. The Morgan fingerprint density at radius 3 is 2.68 bits per heavy atom. The van der Waals surface area contributed by atoms with Crippen LogP contribution in [-0.2, 0) is 9.53 Å². The Labute approximate surface area is 224 Å². The van der Waals surface area contributed by atoms with E-state index < -0.39 is 23.2 Å². The fourth-order valence-electron chi connectivity index (χ4n) is 5.36. The normalized spacial score (nSPS) is 23.2. The first-order valence-corrected chi connectivity index (χ1v) is 13.2. The number of hydrogen-bond donors (Lipinski definition) is 4. The van der Waals surface area contributed by atoms with Crippen LogP contribution in [0.2, 0.25) is 0 Å². The van der Waals surface area contributed by atoms with Gasteiger partial charge >= 0.3 is 0 Å². The molecule has 9 nitrogen and oxygen atoms in total. The zero-order valence-electron chi connectivity index (χ0n) is 22.5. The highest BCUT2D eigenvalue weighted by atomic mass is 16.5. The van der Waals surface area contributed by atoms with E-state index in [0.717, 1.165) is 18.4 Å². The van der Waals surface area contributed by atoms with Gasteiger partial charge in [0.2, 0.25) is 5.91 Å². The van der Waals surface area contributed by atoms with Gasteiger partial charge in [-0.15, -0.1) is 0 Å². The maximum atomic E-state index is 13.4. The van der Waals surface area contributed by atoms with Crippen molar-refractivity contribution < 1.29 is 24.2 Å². The van der Waals surface area contributed by atoms with Gasteiger partial charge in [-0.3, -0.25) is 19.9 Å². The number of nitrogens with one attached hydrogen (secondary N) is 3. The van der Waals surface area contributed by atoms with Crippen molar-refractivity contribution in [1.29, 1.82) is 5.41 Å². The molecule has 4 N–H and O–H groups in total. The molecule has 1 fully saturated rings. The third-order valence-corrected chi connectivity index (χ3v) is 7.82. The number of amides is 2. The molecule has 204 valence electrons. The molecule has 0 bridgehead atoms. The van der Waals surface area contributed by atoms with Crippen molar-refractivity contribution in [2.45, 2.75) is 69.7 Å². The molecular weight excluding hydrogens is 484 g/mol. The van der Waals surface area contributed by atoms with Gasteiger partial charge in [-0.1, -0.05) is 44.2 Å². The highest BCUT2D eigenvalue weighted by Gasteiger charge is 2.43. The third-order valence-electron chi connectivity index (χ3n) is 7.82. The van der Waals surface area contributed by atoms with Crippen molar-refractivity contribution in [2.24, 2.45) is 0 Å². The maximum absolute atomic E-state index is 13.4. The number of guanidine groups is 1. The molecule has 1 saturated heterocycles. The minimum Gasteiger partial charge on any atom is -0.490 e. The van der Waals surface area contributed by atoms with Crippen LogP contribution in [0.15, 0.2) is 48.5 Å². The molecule has 2 amide bonds. The molecule has 2 aliphatic rings. The summed E-state index contributed by atoms with van der Waals surface area (Å²) in [5.41, 5.74) is 0.114. The first kappa shape index (κ1) is 27.6. The molecule has 2 aromatic rings. The number of nitrogens with zero attached hydrogens (tertiary/aromatic N) is 1. The molecular formula is C29H38N4O5. The highest BCUT2D eigenvalue weighted by molar-refractivity contribution is 6.00. The van der Waals surface area contributed by atoms with Crippen molar-refractivity contribution in [2.75, 3.05) is 20.3 Å². The van der Waals surface area contributed by atoms with Crippen molar-refractivity contribution in [3.8, 4) is 5.75 Å². The summed E-state index contributed by atoms with van der Waals surface area (Å²) in [6, 6.07) is 13.3. The second-order valence-corrected chi connectivity index (χ2v) is 10.4. The summed E-state index contributed by atoms with van der Waals surface area (Å²) < 4.78 is 11.0. The van der Waals surface area contributed by atoms with E-state index in [1.165, 1.54) is 4.90 Å². The summed E-state index contributed by atoms with van der Waals surface area (Å²) in [7, 11) is 1.60. The Kier molecular flexibility index (Phi) is 8.08. The van der Waals surface area contributed by atoms with Gasteiger partial charge in [0, 0.05) is 30.4 Å². The van der Waals surface area contributed by atoms with Gasteiger partial charge in [0.15, 0.2) is 5.96 Å². The van der Waals surface area contributed by atoms with Crippen LogP contribution in [-0.4, -0.2) is 59.2 Å². The molecule has 9 heteroatoms. The number of benzene rings is 2. The lowest BCUT2D eigenvalue weighted by Gasteiger charge is -2.45. The van der Waals surface area contributed by atoms with E-state index in [2.05, 4.69) is 10.6 Å².